The molecule has 0 aromatic carbocycles. The van der Waals surface area contributed by atoms with Crippen LogP contribution < -0.4 is 22.9 Å². The van der Waals surface area contributed by atoms with Crippen LogP contribution in [0.4, 0.5) is 0 Å². The van der Waals surface area contributed by atoms with Crippen LogP contribution in [0.2, 0.25) is 0 Å². The third kappa shape index (κ3) is 21.4. The molecular formula is C20H46N6. The van der Waals surface area contributed by atoms with Crippen molar-refractivity contribution < 1.29 is 0 Å². The number of nitrogens with two attached hydrogens (primary N) is 4. The molecule has 0 heterocycles. The number of nitrogens with zero attached hydrogens (tertiary/aromatic N) is 2. The molecule has 0 amide bonds. The van der Waals surface area contributed by atoms with Gasteiger partial charge in [-0.05, 0) is 118 Å². The summed E-state index contributed by atoms with van der Waals surface area (Å²) in [6.07, 6.45) is 6.76. The van der Waals surface area contributed by atoms with Crippen molar-refractivity contribution in [2.75, 3.05) is 65.4 Å². The van der Waals surface area contributed by atoms with Gasteiger partial charge in [-0.1, -0.05) is 0 Å². The average Bonchev–Trinajstić information content (AvgIpc) is 2.68. The normalized spacial score (nSPS) is 10.5. The fraction of sp³-hybridized carbons (Fsp3) is 0.900. The summed E-state index contributed by atoms with van der Waals surface area (Å²) in [5.41, 5.74) is 22.5. The first-order valence-electron chi connectivity index (χ1n) is 10.3. The van der Waals surface area contributed by atoms with E-state index >= 15 is 0 Å². The standard InChI is InChI=1S/C16H40N6.C4H6/c17-7-3-13-21(14-4-8-18)11-1-2-12-22(15-5-9-19)16-6-10-20;1-3-4-2/h1-20H2;1-2H3. The van der Waals surface area contributed by atoms with Crippen LogP contribution >= 0.6 is 0 Å². The lowest BCUT2D eigenvalue weighted by Gasteiger charge is -2.24. The molecule has 0 saturated carbocycles. The van der Waals surface area contributed by atoms with E-state index in [1.54, 1.807) is 0 Å². The van der Waals surface area contributed by atoms with Crippen LogP contribution in [0.1, 0.15) is 52.4 Å². The Hall–Kier alpha value is -0.680. The van der Waals surface area contributed by atoms with Crippen molar-refractivity contribution in [2.24, 2.45) is 22.9 Å². The Labute approximate surface area is 163 Å². The van der Waals surface area contributed by atoms with Gasteiger partial charge in [-0.25, -0.2) is 0 Å². The summed E-state index contributed by atoms with van der Waals surface area (Å²) in [5.74, 6) is 5.36. The van der Waals surface area contributed by atoms with Gasteiger partial charge in [0.15, 0.2) is 0 Å². The minimum Gasteiger partial charge on any atom is -0.330 e. The smallest absolute Gasteiger partial charge is 0.000671 e. The molecule has 0 rings (SSSR count). The van der Waals surface area contributed by atoms with E-state index in [4.69, 9.17) is 22.9 Å². The molecule has 0 aliphatic heterocycles. The minimum atomic E-state index is 0.769. The van der Waals surface area contributed by atoms with Crippen LogP contribution in [0.25, 0.3) is 0 Å². The molecule has 0 unspecified atom stereocenters. The van der Waals surface area contributed by atoms with E-state index in [1.165, 1.54) is 12.8 Å². The highest BCUT2D eigenvalue weighted by Crippen LogP contribution is 2.02. The average molecular weight is 371 g/mol. The zero-order valence-electron chi connectivity index (χ0n) is 17.5. The first kappa shape index (κ1) is 27.5. The molecule has 6 heteroatoms. The van der Waals surface area contributed by atoms with E-state index in [9.17, 15) is 0 Å². The maximum Gasteiger partial charge on any atom is -0.000671 e. The SMILES string of the molecule is CC#CC.NCCCN(CCCN)CCCCN(CCCN)CCCN. The maximum absolute atomic E-state index is 5.61. The minimum absolute atomic E-state index is 0.769. The predicted octanol–water partition coefficient (Wildman–Crippen LogP) is 0.795. The maximum atomic E-state index is 5.61. The molecule has 8 N–H and O–H groups in total. The van der Waals surface area contributed by atoms with Crippen LogP contribution in [-0.4, -0.2) is 75.2 Å². The summed E-state index contributed by atoms with van der Waals surface area (Å²) in [4.78, 5) is 5.01. The van der Waals surface area contributed by atoms with Crippen LogP contribution in [0.15, 0.2) is 0 Å². The van der Waals surface area contributed by atoms with Crippen LogP contribution in [-0.2, 0) is 0 Å². The molecule has 26 heavy (non-hydrogen) atoms. The molecule has 0 saturated heterocycles. The molecule has 0 radical (unpaired) electrons. The number of rotatable bonds is 17. The van der Waals surface area contributed by atoms with Crippen molar-refractivity contribution >= 4 is 0 Å². The van der Waals surface area contributed by atoms with Gasteiger partial charge in [0.05, 0.1) is 0 Å². The lowest BCUT2D eigenvalue weighted by Crippen LogP contribution is -2.32. The third-order valence-corrected chi connectivity index (χ3v) is 4.16. The van der Waals surface area contributed by atoms with Gasteiger partial charge in [-0.3, -0.25) is 0 Å². The zero-order chi connectivity index (χ0) is 19.9. The second kappa shape index (κ2) is 24.3. The summed E-state index contributed by atoms with van der Waals surface area (Å²) in [6, 6.07) is 0. The van der Waals surface area contributed by atoms with Crippen molar-refractivity contribution in [2.45, 2.75) is 52.4 Å². The zero-order valence-corrected chi connectivity index (χ0v) is 17.5. The number of unbranched alkanes of at least 4 members (excludes halogenated alkanes) is 1. The monoisotopic (exact) mass is 370 g/mol. The van der Waals surface area contributed by atoms with E-state index < -0.39 is 0 Å². The van der Waals surface area contributed by atoms with Crippen molar-refractivity contribution in [3.63, 3.8) is 0 Å². The summed E-state index contributed by atoms with van der Waals surface area (Å²) < 4.78 is 0. The van der Waals surface area contributed by atoms with Crippen molar-refractivity contribution in [3.05, 3.63) is 0 Å². The molecule has 0 spiro atoms. The van der Waals surface area contributed by atoms with E-state index in [-0.39, 0.29) is 0 Å². The van der Waals surface area contributed by atoms with Gasteiger partial charge in [0.2, 0.25) is 0 Å². The quantitative estimate of drug-likeness (QED) is 0.223. The Morgan fingerprint density at radius 3 is 0.885 bits per heavy atom. The van der Waals surface area contributed by atoms with Gasteiger partial charge in [0.1, 0.15) is 0 Å². The summed E-state index contributed by atoms with van der Waals surface area (Å²) >= 11 is 0. The van der Waals surface area contributed by atoms with E-state index in [0.717, 1.165) is 91.1 Å². The molecule has 0 bridgehead atoms. The number of hydrogen-bond acceptors (Lipinski definition) is 6. The van der Waals surface area contributed by atoms with Gasteiger partial charge in [0, 0.05) is 0 Å². The Kier molecular flexibility index (Phi) is 25.8. The number of hydrogen-bond donors (Lipinski definition) is 4. The molecule has 0 aromatic rings. The van der Waals surface area contributed by atoms with Crippen molar-refractivity contribution in [3.8, 4) is 11.8 Å². The van der Waals surface area contributed by atoms with Crippen LogP contribution in [0.3, 0.4) is 0 Å². The van der Waals surface area contributed by atoms with E-state index in [1.807, 2.05) is 13.8 Å². The molecule has 156 valence electrons. The van der Waals surface area contributed by atoms with Gasteiger partial charge < -0.3 is 32.7 Å². The lowest BCUT2D eigenvalue weighted by atomic mass is 10.2. The highest BCUT2D eigenvalue weighted by Gasteiger charge is 2.06. The fourth-order valence-electron chi connectivity index (χ4n) is 2.60. The highest BCUT2D eigenvalue weighted by atomic mass is 15.1. The van der Waals surface area contributed by atoms with Crippen LogP contribution in [0.5, 0.6) is 0 Å². The summed E-state index contributed by atoms with van der Waals surface area (Å²) in [7, 11) is 0. The molecule has 0 atom stereocenters. The van der Waals surface area contributed by atoms with Gasteiger partial charge in [0.25, 0.3) is 0 Å². The Bertz CT molecular complexity index is 269. The predicted molar refractivity (Wildman–Crippen MR) is 116 cm³/mol. The van der Waals surface area contributed by atoms with E-state index in [2.05, 4.69) is 21.6 Å². The second-order valence-electron chi connectivity index (χ2n) is 6.46. The van der Waals surface area contributed by atoms with Crippen molar-refractivity contribution in [1.82, 2.24) is 9.80 Å². The lowest BCUT2D eigenvalue weighted by molar-refractivity contribution is 0.237. The highest BCUT2D eigenvalue weighted by molar-refractivity contribution is 4.89. The molecule has 0 fully saturated rings. The molecule has 0 aliphatic rings. The second-order valence-corrected chi connectivity index (χ2v) is 6.46. The molecular weight excluding hydrogens is 324 g/mol. The van der Waals surface area contributed by atoms with Crippen LogP contribution in [0, 0.1) is 11.8 Å². The third-order valence-electron chi connectivity index (χ3n) is 4.16. The molecule has 6 nitrogen and oxygen atoms in total. The van der Waals surface area contributed by atoms with E-state index in [0.29, 0.717) is 0 Å². The Morgan fingerprint density at radius 2 is 0.692 bits per heavy atom. The van der Waals surface area contributed by atoms with Crippen molar-refractivity contribution in [1.29, 1.82) is 0 Å². The van der Waals surface area contributed by atoms with Gasteiger partial charge >= 0.3 is 0 Å². The molecule has 0 aromatic heterocycles. The Morgan fingerprint density at radius 1 is 0.462 bits per heavy atom. The topological polar surface area (TPSA) is 111 Å². The van der Waals surface area contributed by atoms with Gasteiger partial charge in [-0.15, -0.1) is 11.8 Å². The summed E-state index contributed by atoms with van der Waals surface area (Å²) in [5, 5.41) is 0. The fourth-order valence-corrected chi connectivity index (χ4v) is 2.60. The summed E-state index contributed by atoms with van der Waals surface area (Å²) in [6.45, 7) is 13.4. The largest absolute Gasteiger partial charge is 0.330 e. The first-order chi connectivity index (χ1) is 12.7. The molecule has 0 aliphatic carbocycles. The van der Waals surface area contributed by atoms with Gasteiger partial charge in [-0.2, -0.15) is 0 Å². The Balaban J connectivity index is 0. The first-order valence-corrected chi connectivity index (χ1v) is 10.3.